The Hall–Kier alpha value is -3.11. The summed E-state index contributed by atoms with van der Waals surface area (Å²) in [6, 6.07) is 24.3. The predicted octanol–water partition coefficient (Wildman–Crippen LogP) is 4.68. The minimum absolute atomic E-state index is 0.236. The lowest BCUT2D eigenvalue weighted by Gasteiger charge is -2.16. The third kappa shape index (κ3) is 4.49. The first-order chi connectivity index (χ1) is 14.1. The molecule has 0 spiro atoms. The van der Waals surface area contributed by atoms with Crippen molar-refractivity contribution in [1.29, 1.82) is 0 Å². The molecule has 0 fully saturated rings. The maximum Gasteiger partial charge on any atom is 0.119 e. The molecule has 29 heavy (non-hydrogen) atoms. The molecule has 0 aliphatic rings. The van der Waals surface area contributed by atoms with E-state index in [-0.39, 0.29) is 6.61 Å². The van der Waals surface area contributed by atoms with E-state index in [1.165, 1.54) is 16.7 Å². The van der Waals surface area contributed by atoms with Gasteiger partial charge in [0.2, 0.25) is 0 Å². The summed E-state index contributed by atoms with van der Waals surface area (Å²) in [5.74, 6) is 1.73. The topological polar surface area (TPSA) is 47.3 Å². The number of hydrogen-bond acceptors (Lipinski definition) is 3. The highest BCUT2D eigenvalue weighted by molar-refractivity contribution is 5.76. The minimum Gasteiger partial charge on any atom is -0.491 e. The molecule has 3 aromatic carbocycles. The Labute approximate surface area is 171 Å². The van der Waals surface area contributed by atoms with E-state index in [0.717, 1.165) is 29.0 Å². The molecular weight excluding hydrogens is 360 g/mol. The molecule has 4 heteroatoms. The summed E-state index contributed by atoms with van der Waals surface area (Å²) in [6.45, 7) is 4.81. The van der Waals surface area contributed by atoms with E-state index < -0.39 is 6.10 Å². The zero-order valence-corrected chi connectivity index (χ0v) is 16.9. The number of para-hydroxylation sites is 2. The van der Waals surface area contributed by atoms with Crippen LogP contribution in [0.5, 0.6) is 5.75 Å². The molecule has 4 nitrogen and oxygen atoms in total. The first kappa shape index (κ1) is 19.2. The molecule has 0 saturated carbocycles. The van der Waals surface area contributed by atoms with Gasteiger partial charge in [-0.15, -0.1) is 0 Å². The molecule has 0 unspecified atom stereocenters. The molecule has 4 aromatic rings. The van der Waals surface area contributed by atoms with Gasteiger partial charge in [-0.3, -0.25) is 0 Å². The normalized spacial score (nSPS) is 12.2. The molecule has 0 aliphatic carbocycles. The Kier molecular flexibility index (Phi) is 5.63. The Bertz CT molecular complexity index is 1100. The maximum atomic E-state index is 10.7. The number of benzene rings is 3. The molecule has 4 rings (SSSR count). The summed E-state index contributed by atoms with van der Waals surface area (Å²) in [5, 5.41) is 10.7. The van der Waals surface area contributed by atoms with Crippen LogP contribution < -0.4 is 4.74 Å². The van der Waals surface area contributed by atoms with E-state index in [0.29, 0.717) is 6.54 Å². The summed E-state index contributed by atoms with van der Waals surface area (Å²) in [6.07, 6.45) is 0.0870. The van der Waals surface area contributed by atoms with E-state index in [9.17, 15) is 5.11 Å². The number of aliphatic hydroxyl groups is 1. The van der Waals surface area contributed by atoms with Crippen molar-refractivity contribution in [1.82, 2.24) is 9.55 Å². The van der Waals surface area contributed by atoms with Gasteiger partial charge in [-0.2, -0.15) is 0 Å². The zero-order chi connectivity index (χ0) is 20.2. The van der Waals surface area contributed by atoms with Crippen LogP contribution in [0.1, 0.15) is 22.5 Å². The Morgan fingerprint density at radius 3 is 2.48 bits per heavy atom. The first-order valence-electron chi connectivity index (χ1n) is 9.96. The molecule has 1 atom stereocenters. The third-order valence-electron chi connectivity index (χ3n) is 5.25. The number of ether oxygens (including phenoxy) is 1. The monoisotopic (exact) mass is 386 g/mol. The fourth-order valence-corrected chi connectivity index (χ4v) is 3.50. The van der Waals surface area contributed by atoms with Gasteiger partial charge in [-0.25, -0.2) is 4.98 Å². The highest BCUT2D eigenvalue weighted by Gasteiger charge is 2.15. The van der Waals surface area contributed by atoms with Gasteiger partial charge >= 0.3 is 0 Å². The molecule has 0 radical (unpaired) electrons. The van der Waals surface area contributed by atoms with Crippen LogP contribution in [0.3, 0.4) is 0 Å². The van der Waals surface area contributed by atoms with Crippen LogP contribution >= 0.6 is 0 Å². The molecular formula is C25H26N2O2. The number of nitrogens with zero attached hydrogens (tertiary/aromatic N) is 2. The number of aryl methyl sites for hydroxylation is 2. The molecule has 148 valence electrons. The van der Waals surface area contributed by atoms with Crippen LogP contribution in [0.2, 0.25) is 0 Å². The highest BCUT2D eigenvalue weighted by Crippen LogP contribution is 2.20. The fraction of sp³-hybridized carbons (Fsp3) is 0.240. The van der Waals surface area contributed by atoms with E-state index in [1.807, 2.05) is 60.7 Å². The highest BCUT2D eigenvalue weighted by atomic mass is 16.5. The summed E-state index contributed by atoms with van der Waals surface area (Å²) >= 11 is 0. The van der Waals surface area contributed by atoms with Crippen molar-refractivity contribution in [3.63, 3.8) is 0 Å². The van der Waals surface area contributed by atoms with Gasteiger partial charge < -0.3 is 14.4 Å². The Balaban J connectivity index is 1.52. The second-order valence-corrected chi connectivity index (χ2v) is 7.50. The number of hydrogen-bond donors (Lipinski definition) is 1. The van der Waals surface area contributed by atoms with Gasteiger partial charge in [0.1, 0.15) is 24.3 Å². The van der Waals surface area contributed by atoms with Crippen molar-refractivity contribution in [3.05, 3.63) is 95.3 Å². The lowest BCUT2D eigenvalue weighted by atomic mass is 10.1. The largest absolute Gasteiger partial charge is 0.491 e. The summed E-state index contributed by atoms with van der Waals surface area (Å²) < 4.78 is 7.95. The maximum absolute atomic E-state index is 10.7. The first-order valence-corrected chi connectivity index (χ1v) is 9.96. The second-order valence-electron chi connectivity index (χ2n) is 7.50. The second kappa shape index (κ2) is 8.50. The number of aromatic nitrogens is 2. The number of aliphatic hydroxyl groups excluding tert-OH is 1. The quantitative estimate of drug-likeness (QED) is 0.501. The SMILES string of the molecule is Cc1ccc(OC[C@H](O)Cn2c(Cc3ccccc3)nc3ccccc32)cc1C. The van der Waals surface area contributed by atoms with Crippen LogP contribution in [0.15, 0.2) is 72.8 Å². The number of rotatable bonds is 7. The van der Waals surface area contributed by atoms with Crippen molar-refractivity contribution < 1.29 is 9.84 Å². The third-order valence-corrected chi connectivity index (χ3v) is 5.25. The smallest absolute Gasteiger partial charge is 0.119 e. The molecule has 1 N–H and O–H groups in total. The lowest BCUT2D eigenvalue weighted by molar-refractivity contribution is 0.0927. The van der Waals surface area contributed by atoms with Gasteiger partial charge in [0.15, 0.2) is 0 Å². The standard InChI is InChI=1S/C25H26N2O2/c1-18-12-13-22(14-19(18)2)29-17-21(28)16-27-24-11-7-6-10-23(24)26-25(27)15-20-8-4-3-5-9-20/h3-14,21,28H,15-17H2,1-2H3/t21-/m1/s1. The Morgan fingerprint density at radius 2 is 1.69 bits per heavy atom. The van der Waals surface area contributed by atoms with Gasteiger partial charge in [-0.05, 0) is 54.8 Å². The van der Waals surface area contributed by atoms with Gasteiger partial charge in [0, 0.05) is 6.42 Å². The van der Waals surface area contributed by atoms with Crippen molar-refractivity contribution in [3.8, 4) is 5.75 Å². The van der Waals surface area contributed by atoms with Crippen LogP contribution in [0.25, 0.3) is 11.0 Å². The number of fused-ring (bicyclic) bond motifs is 1. The fourth-order valence-electron chi connectivity index (χ4n) is 3.50. The summed E-state index contributed by atoms with van der Waals surface area (Å²) in [7, 11) is 0. The molecule has 0 amide bonds. The van der Waals surface area contributed by atoms with Crippen LogP contribution in [-0.2, 0) is 13.0 Å². The average Bonchev–Trinajstić information content (AvgIpc) is 3.06. The predicted molar refractivity (Wildman–Crippen MR) is 116 cm³/mol. The average molecular weight is 386 g/mol. The summed E-state index contributed by atoms with van der Waals surface area (Å²) in [5.41, 5.74) is 5.59. The molecule has 1 aromatic heterocycles. The molecule has 1 heterocycles. The van der Waals surface area contributed by atoms with E-state index in [4.69, 9.17) is 9.72 Å². The van der Waals surface area contributed by atoms with Gasteiger partial charge in [-0.1, -0.05) is 48.5 Å². The summed E-state index contributed by atoms with van der Waals surface area (Å²) in [4.78, 5) is 4.81. The number of imidazole rings is 1. The van der Waals surface area contributed by atoms with Crippen LogP contribution in [0.4, 0.5) is 0 Å². The lowest BCUT2D eigenvalue weighted by Crippen LogP contribution is -2.24. The van der Waals surface area contributed by atoms with E-state index in [1.54, 1.807) is 0 Å². The van der Waals surface area contributed by atoms with Gasteiger partial charge in [0.05, 0.1) is 17.6 Å². The minimum atomic E-state index is -0.635. The van der Waals surface area contributed by atoms with Crippen molar-refractivity contribution >= 4 is 11.0 Å². The van der Waals surface area contributed by atoms with E-state index >= 15 is 0 Å². The van der Waals surface area contributed by atoms with Crippen molar-refractivity contribution in [2.24, 2.45) is 0 Å². The van der Waals surface area contributed by atoms with Crippen LogP contribution in [-0.4, -0.2) is 27.4 Å². The van der Waals surface area contributed by atoms with Crippen molar-refractivity contribution in [2.75, 3.05) is 6.61 Å². The molecule has 0 saturated heterocycles. The van der Waals surface area contributed by atoms with Crippen LogP contribution in [0, 0.1) is 13.8 Å². The van der Waals surface area contributed by atoms with E-state index in [2.05, 4.69) is 30.5 Å². The van der Waals surface area contributed by atoms with Gasteiger partial charge in [0.25, 0.3) is 0 Å². The molecule has 0 bridgehead atoms. The van der Waals surface area contributed by atoms with Crippen molar-refractivity contribution in [2.45, 2.75) is 32.9 Å². The Morgan fingerprint density at radius 1 is 0.931 bits per heavy atom. The zero-order valence-electron chi connectivity index (χ0n) is 16.9. The molecule has 0 aliphatic heterocycles.